The minimum atomic E-state index is -3.73. The second-order valence-corrected chi connectivity index (χ2v) is 10.6. The number of hydrogen-bond acceptors (Lipinski definition) is 3. The largest absolute Gasteiger partial charge is 0.331 e. The first kappa shape index (κ1) is 23.3. The molecule has 0 saturated heterocycles. The summed E-state index contributed by atoms with van der Waals surface area (Å²) in [6.07, 6.45) is 1.71. The molecule has 0 radical (unpaired) electrons. The van der Waals surface area contributed by atoms with Crippen LogP contribution in [0.15, 0.2) is 71.6 Å². The van der Waals surface area contributed by atoms with Gasteiger partial charge in [-0.1, -0.05) is 35.4 Å². The molecule has 0 atom stereocenters. The average Bonchev–Trinajstić information content (AvgIpc) is 3.64. The third kappa shape index (κ3) is 4.89. The number of aryl methyl sites for hydroxylation is 1. The highest BCUT2D eigenvalue weighted by molar-refractivity contribution is 7.92. The number of hydrogen-bond donors (Lipinski definition) is 0. The van der Waals surface area contributed by atoms with Crippen molar-refractivity contribution in [3.63, 3.8) is 0 Å². The van der Waals surface area contributed by atoms with E-state index < -0.39 is 15.8 Å². The van der Waals surface area contributed by atoms with E-state index in [0.717, 1.165) is 18.4 Å². The van der Waals surface area contributed by atoms with Gasteiger partial charge in [-0.2, -0.15) is 0 Å². The molecule has 0 unspecified atom stereocenters. The van der Waals surface area contributed by atoms with Crippen LogP contribution in [0.2, 0.25) is 5.02 Å². The third-order valence-electron chi connectivity index (χ3n) is 5.80. The molecule has 4 rings (SSSR count). The molecule has 172 valence electrons. The van der Waals surface area contributed by atoms with Gasteiger partial charge in [-0.3, -0.25) is 9.10 Å². The lowest BCUT2D eigenvalue weighted by Gasteiger charge is -2.24. The van der Waals surface area contributed by atoms with Gasteiger partial charge in [0.2, 0.25) is 0 Å². The molecule has 0 aliphatic heterocycles. The summed E-state index contributed by atoms with van der Waals surface area (Å²) < 4.78 is 41.4. The first-order valence-corrected chi connectivity index (χ1v) is 12.4. The normalized spacial score (nSPS) is 13.6. The third-order valence-corrected chi connectivity index (χ3v) is 7.95. The lowest BCUT2D eigenvalue weighted by Crippen LogP contribution is -2.33. The molecule has 3 aromatic carbocycles. The summed E-state index contributed by atoms with van der Waals surface area (Å²) in [5, 5.41) is 0.284. The van der Waals surface area contributed by atoms with Crippen LogP contribution >= 0.6 is 11.6 Å². The number of amides is 1. The average molecular weight is 487 g/mol. The minimum Gasteiger partial charge on any atom is -0.331 e. The van der Waals surface area contributed by atoms with E-state index in [4.69, 9.17) is 11.6 Å². The Hall–Kier alpha value is -2.90. The smallest absolute Gasteiger partial charge is 0.264 e. The van der Waals surface area contributed by atoms with Crippen molar-refractivity contribution in [1.29, 1.82) is 0 Å². The van der Waals surface area contributed by atoms with Crippen LogP contribution in [0.4, 0.5) is 10.1 Å². The van der Waals surface area contributed by atoms with Crippen LogP contribution in [0.5, 0.6) is 0 Å². The van der Waals surface area contributed by atoms with Crippen molar-refractivity contribution in [1.82, 2.24) is 4.90 Å². The highest BCUT2D eigenvalue weighted by atomic mass is 35.5. The van der Waals surface area contributed by atoms with Gasteiger partial charge >= 0.3 is 0 Å². The molecule has 3 aromatic rings. The molecule has 1 aliphatic rings. The summed E-state index contributed by atoms with van der Waals surface area (Å²) in [6, 6.07) is 17.5. The van der Waals surface area contributed by atoms with E-state index in [2.05, 4.69) is 0 Å². The Balaban J connectivity index is 1.55. The highest BCUT2D eigenvalue weighted by Crippen LogP contribution is 2.32. The van der Waals surface area contributed by atoms with E-state index in [1.807, 2.05) is 6.92 Å². The molecule has 8 heteroatoms. The van der Waals surface area contributed by atoms with Crippen molar-refractivity contribution in [2.75, 3.05) is 11.4 Å². The number of nitrogens with zero attached hydrogens (tertiary/aromatic N) is 2. The monoisotopic (exact) mass is 486 g/mol. The fourth-order valence-electron chi connectivity index (χ4n) is 3.59. The maximum Gasteiger partial charge on any atom is 0.264 e. The van der Waals surface area contributed by atoms with Crippen molar-refractivity contribution in [3.8, 4) is 0 Å². The number of anilines is 1. The van der Waals surface area contributed by atoms with Gasteiger partial charge in [-0.25, -0.2) is 12.8 Å². The van der Waals surface area contributed by atoms with Crippen molar-refractivity contribution >= 4 is 33.2 Å². The van der Waals surface area contributed by atoms with Gasteiger partial charge in [-0.05, 0) is 68.3 Å². The molecular formula is C25H24ClFN2O3S. The van der Waals surface area contributed by atoms with Crippen LogP contribution in [0.25, 0.3) is 0 Å². The predicted molar refractivity (Wildman–Crippen MR) is 128 cm³/mol. The first-order valence-electron chi connectivity index (χ1n) is 10.6. The lowest BCUT2D eigenvalue weighted by atomic mass is 10.1. The van der Waals surface area contributed by atoms with Crippen molar-refractivity contribution in [3.05, 3.63) is 94.3 Å². The molecule has 33 heavy (non-hydrogen) atoms. The summed E-state index contributed by atoms with van der Waals surface area (Å²) in [4.78, 5) is 15.0. The van der Waals surface area contributed by atoms with Crippen LogP contribution in [0.1, 0.15) is 34.3 Å². The molecular weight excluding hydrogens is 463 g/mol. The molecule has 0 N–H and O–H groups in total. The van der Waals surface area contributed by atoms with Crippen molar-refractivity contribution in [2.45, 2.75) is 37.2 Å². The molecule has 0 aromatic heterocycles. The molecule has 1 aliphatic carbocycles. The van der Waals surface area contributed by atoms with Crippen LogP contribution in [-0.2, 0) is 16.6 Å². The van der Waals surface area contributed by atoms with Gasteiger partial charge in [-0.15, -0.1) is 0 Å². The van der Waals surface area contributed by atoms with Gasteiger partial charge in [0.1, 0.15) is 5.82 Å². The Morgan fingerprint density at radius 3 is 2.24 bits per heavy atom. The zero-order valence-corrected chi connectivity index (χ0v) is 19.9. The topological polar surface area (TPSA) is 57.7 Å². The second kappa shape index (κ2) is 9.15. The Labute approximate surface area is 198 Å². The van der Waals surface area contributed by atoms with Crippen molar-refractivity contribution in [2.24, 2.45) is 0 Å². The van der Waals surface area contributed by atoms with Crippen LogP contribution < -0.4 is 4.31 Å². The van der Waals surface area contributed by atoms with Crippen LogP contribution in [0, 0.1) is 12.7 Å². The Morgan fingerprint density at radius 1 is 1.03 bits per heavy atom. The van der Waals surface area contributed by atoms with E-state index in [0.29, 0.717) is 16.8 Å². The molecule has 0 bridgehead atoms. The zero-order valence-electron chi connectivity index (χ0n) is 18.3. The molecule has 5 nitrogen and oxygen atoms in total. The van der Waals surface area contributed by atoms with Gasteiger partial charge in [0.05, 0.1) is 17.1 Å². The van der Waals surface area contributed by atoms with E-state index in [-0.39, 0.29) is 28.4 Å². The predicted octanol–water partition coefficient (Wildman–Crippen LogP) is 5.42. The van der Waals surface area contributed by atoms with Crippen LogP contribution in [-0.4, -0.2) is 32.3 Å². The quantitative estimate of drug-likeness (QED) is 0.448. The fourth-order valence-corrected chi connectivity index (χ4v) is 5.01. The first-order chi connectivity index (χ1) is 15.7. The standard InChI is InChI=1S/C25H24ClFN2O3S/c1-17-6-14-21(15-7-17)33(31,32)28(2)19-10-8-18(9-11-19)25(30)29(20-12-13-20)16-22-23(26)4-3-5-24(22)27/h3-11,14-15,20H,12-13,16H2,1-2H3. The Bertz CT molecular complexity index is 1250. The van der Waals surface area contributed by atoms with E-state index in [1.54, 1.807) is 59.5 Å². The highest BCUT2D eigenvalue weighted by Gasteiger charge is 2.34. The second-order valence-electron chi connectivity index (χ2n) is 8.20. The minimum absolute atomic E-state index is 0.0393. The summed E-state index contributed by atoms with van der Waals surface area (Å²) in [5.41, 5.74) is 2.10. The summed E-state index contributed by atoms with van der Waals surface area (Å²) in [7, 11) is -2.26. The van der Waals surface area contributed by atoms with Gasteiger partial charge in [0.15, 0.2) is 0 Å². The molecule has 1 saturated carbocycles. The Morgan fingerprint density at radius 2 is 1.67 bits per heavy atom. The van der Waals surface area contributed by atoms with Crippen LogP contribution in [0.3, 0.4) is 0 Å². The maximum atomic E-state index is 14.3. The fraction of sp³-hybridized carbons (Fsp3) is 0.240. The number of carbonyl (C=O) groups excluding carboxylic acids is 1. The van der Waals surface area contributed by atoms with Gasteiger partial charge < -0.3 is 4.90 Å². The summed E-state index contributed by atoms with van der Waals surface area (Å²) >= 11 is 6.17. The molecule has 0 spiro atoms. The van der Waals surface area contributed by atoms with Crippen molar-refractivity contribution < 1.29 is 17.6 Å². The van der Waals surface area contributed by atoms with Gasteiger partial charge in [0, 0.05) is 29.2 Å². The summed E-state index contributed by atoms with van der Waals surface area (Å²) in [6.45, 7) is 1.97. The zero-order chi connectivity index (χ0) is 23.8. The number of halogens is 2. The number of sulfonamides is 1. The number of benzene rings is 3. The molecule has 1 amide bonds. The number of carbonyl (C=O) groups is 1. The summed E-state index contributed by atoms with van der Waals surface area (Å²) in [5.74, 6) is -0.688. The number of rotatable bonds is 7. The van der Waals surface area contributed by atoms with E-state index in [9.17, 15) is 17.6 Å². The lowest BCUT2D eigenvalue weighted by molar-refractivity contribution is 0.0728. The maximum absolute atomic E-state index is 14.3. The molecule has 0 heterocycles. The van der Waals surface area contributed by atoms with E-state index in [1.165, 1.54) is 23.5 Å². The Kier molecular flexibility index (Phi) is 6.45. The van der Waals surface area contributed by atoms with E-state index >= 15 is 0 Å². The molecule has 1 fully saturated rings. The SMILES string of the molecule is Cc1ccc(S(=O)(=O)N(C)c2ccc(C(=O)N(Cc3c(F)cccc3Cl)C3CC3)cc2)cc1. The van der Waals surface area contributed by atoms with Gasteiger partial charge in [0.25, 0.3) is 15.9 Å².